The number of aromatic nitrogens is 3. The predicted octanol–water partition coefficient (Wildman–Crippen LogP) is 5.60. The van der Waals surface area contributed by atoms with E-state index < -0.39 is 108 Å². The molecule has 1 saturated carbocycles. The third-order valence-electron chi connectivity index (χ3n) is 15.0. The third-order valence-corrected chi connectivity index (χ3v) is 15.0. The molecule has 4 heterocycles. The fourth-order valence-electron chi connectivity index (χ4n) is 10.6. The molecule has 1 saturated heterocycles. The van der Waals surface area contributed by atoms with Crippen LogP contribution in [0.3, 0.4) is 0 Å². The number of methoxy groups -OCH3 is 1. The van der Waals surface area contributed by atoms with Crippen molar-refractivity contribution >= 4 is 35.5 Å². The molecular formula is C55H70N4O15. The first-order valence-corrected chi connectivity index (χ1v) is 24.9. The van der Waals surface area contributed by atoms with Crippen LogP contribution in [0.1, 0.15) is 126 Å². The molecule has 400 valence electrons. The number of anilines is 1. The molecule has 19 nitrogen and oxygen atoms in total. The number of nitrogens with zero attached hydrogens (tertiary/aromatic N) is 3. The Balaban J connectivity index is 1.48. The van der Waals surface area contributed by atoms with E-state index in [0.29, 0.717) is 18.4 Å². The van der Waals surface area contributed by atoms with E-state index in [0.717, 1.165) is 11.1 Å². The van der Waals surface area contributed by atoms with Crippen LogP contribution < -0.4 is 24.7 Å². The number of esters is 2. The molecule has 7 unspecified atom stereocenters. The zero-order valence-corrected chi connectivity index (χ0v) is 43.8. The van der Waals surface area contributed by atoms with Crippen LogP contribution in [0, 0.1) is 23.7 Å². The summed E-state index contributed by atoms with van der Waals surface area (Å²) in [6.45, 7) is 17.7. The highest BCUT2D eigenvalue weighted by Gasteiger charge is 2.74. The van der Waals surface area contributed by atoms with Gasteiger partial charge < -0.3 is 59.7 Å². The van der Waals surface area contributed by atoms with Crippen molar-refractivity contribution in [1.82, 2.24) is 14.8 Å². The van der Waals surface area contributed by atoms with Crippen LogP contribution in [0.5, 0.6) is 23.0 Å². The van der Waals surface area contributed by atoms with Crippen molar-refractivity contribution in [2.75, 3.05) is 19.5 Å². The molecule has 0 spiro atoms. The molecular weight excluding hydrogens is 957 g/mol. The van der Waals surface area contributed by atoms with E-state index in [4.69, 9.17) is 34.2 Å². The molecule has 2 aromatic carbocycles. The highest BCUT2D eigenvalue weighted by Crippen LogP contribution is 2.63. The number of ketones is 2. The maximum Gasteiger partial charge on any atom is 0.343 e. The van der Waals surface area contributed by atoms with Crippen molar-refractivity contribution in [3.63, 3.8) is 0 Å². The van der Waals surface area contributed by atoms with Crippen LogP contribution in [-0.2, 0) is 25.5 Å². The quantitative estimate of drug-likeness (QED) is 0.0441. The van der Waals surface area contributed by atoms with Gasteiger partial charge in [0.2, 0.25) is 12.2 Å². The summed E-state index contributed by atoms with van der Waals surface area (Å²) >= 11 is 0. The normalized spacial score (nSPS) is 29.7. The molecule has 7 rings (SSSR count). The van der Waals surface area contributed by atoms with Gasteiger partial charge >= 0.3 is 11.9 Å². The third kappa shape index (κ3) is 10.0. The average molecular weight is 1030 g/mol. The summed E-state index contributed by atoms with van der Waals surface area (Å²) in [5.74, 6) is -6.85. The first kappa shape index (κ1) is 55.5. The fourth-order valence-corrected chi connectivity index (χ4v) is 10.6. The summed E-state index contributed by atoms with van der Waals surface area (Å²) in [6.07, 6.45) is 3.51. The summed E-state index contributed by atoms with van der Waals surface area (Å²) in [4.78, 5) is 63.6. The van der Waals surface area contributed by atoms with Gasteiger partial charge in [-0.15, -0.1) is 5.10 Å². The number of nitrogen functional groups attached to an aromatic ring is 1. The Morgan fingerprint density at radius 3 is 2.22 bits per heavy atom. The number of Topliss-reactive ketones (excluding diaryl/α,β-unsaturated/α-hetero) is 2. The minimum atomic E-state index is -2.51. The highest BCUT2D eigenvalue weighted by molar-refractivity contribution is 6.10. The van der Waals surface area contributed by atoms with Crippen molar-refractivity contribution < 1.29 is 73.1 Å². The molecule has 0 bridgehead atoms. The van der Waals surface area contributed by atoms with E-state index in [1.54, 1.807) is 19.9 Å². The summed E-state index contributed by atoms with van der Waals surface area (Å²) in [5, 5.41) is 58.9. The number of allylic oxidation sites excluding steroid dienone is 4. The Bertz CT molecular complexity index is 2770. The number of nitrogens with two attached hydrogens (primary N) is 1. The fraction of sp³-hybridized carbons (Fsp3) is 0.527. The standard InChI is InChI=1S/C55H70N4O15/c1-27(2)13-12-22-53(10)23-21-36-45(73-53)35(19-14-28(3)4)47-38(46(36)72-50(67)33-15-17-34(18-16-33)70-51-44(64)43(63)41(61)37(25-60)71-51)42(62)39-40(59-26-57-52(56)58-59)31(8)48(65)54(68,24-20-30(7)49(66)69-11)55(39,74-47)32(9)29(5)6/h13-18,20-21,23,26,29,31-32,37,39-41,43-44,51,60-61,63-64,68H,12,19,22,24-25H2,1-11H3,(H2,56,58)/b30-20-/t31?,32?,37-,39?,40?,41-,43+,44-,51-,53?,54?,55?/m1/s1. The van der Waals surface area contributed by atoms with Crippen molar-refractivity contribution in [1.29, 1.82) is 0 Å². The van der Waals surface area contributed by atoms with Crippen LogP contribution in [0.15, 0.2) is 71.6 Å². The lowest BCUT2D eigenvalue weighted by atomic mass is 9.50. The van der Waals surface area contributed by atoms with Gasteiger partial charge in [0, 0.05) is 29.4 Å². The van der Waals surface area contributed by atoms with E-state index in [1.165, 1.54) is 55.4 Å². The zero-order valence-electron chi connectivity index (χ0n) is 43.8. The van der Waals surface area contributed by atoms with Gasteiger partial charge in [-0.3, -0.25) is 9.59 Å². The van der Waals surface area contributed by atoms with Crippen LogP contribution in [0.2, 0.25) is 0 Å². The minimum Gasteiger partial charge on any atom is -0.482 e. The van der Waals surface area contributed by atoms with Crippen LogP contribution in [0.25, 0.3) is 6.08 Å². The Hall–Kier alpha value is -6.22. The summed E-state index contributed by atoms with van der Waals surface area (Å²) in [7, 11) is 1.22. The van der Waals surface area contributed by atoms with Gasteiger partial charge in [-0.2, -0.15) is 0 Å². The largest absolute Gasteiger partial charge is 0.482 e. The first-order valence-electron chi connectivity index (χ1n) is 24.9. The van der Waals surface area contributed by atoms with E-state index in [-0.39, 0.29) is 63.5 Å². The maximum absolute atomic E-state index is 16.5. The molecule has 7 N–H and O–H groups in total. The second-order valence-corrected chi connectivity index (χ2v) is 21.0. The Morgan fingerprint density at radius 1 is 0.946 bits per heavy atom. The Kier molecular flexibility index (Phi) is 16.2. The molecule has 19 heteroatoms. The Morgan fingerprint density at radius 2 is 1.62 bits per heavy atom. The number of hydrogen-bond acceptors (Lipinski definition) is 18. The van der Waals surface area contributed by atoms with E-state index in [9.17, 15) is 35.1 Å². The molecule has 3 aromatic rings. The van der Waals surface area contributed by atoms with Gasteiger partial charge in [-0.05, 0) is 103 Å². The molecule has 2 fully saturated rings. The lowest BCUT2D eigenvalue weighted by Crippen LogP contribution is -2.77. The lowest BCUT2D eigenvalue weighted by Gasteiger charge is -2.61. The summed E-state index contributed by atoms with van der Waals surface area (Å²) in [6, 6.07) is 4.33. The number of fused-ring (bicyclic) bond motifs is 3. The Labute approximate surface area is 430 Å². The molecule has 74 heavy (non-hydrogen) atoms. The second kappa shape index (κ2) is 21.6. The van der Waals surface area contributed by atoms with Gasteiger partial charge in [-0.25, -0.2) is 19.3 Å². The van der Waals surface area contributed by atoms with E-state index >= 15 is 9.59 Å². The molecule has 1 aromatic heterocycles. The van der Waals surface area contributed by atoms with E-state index in [2.05, 4.69) is 16.2 Å². The number of aliphatic hydroxyl groups excluding tert-OH is 4. The molecule has 3 aliphatic heterocycles. The molecule has 0 radical (unpaired) electrons. The average Bonchev–Trinajstić information content (AvgIpc) is 3.79. The predicted molar refractivity (Wildman–Crippen MR) is 270 cm³/mol. The number of aliphatic hydroxyl groups is 5. The van der Waals surface area contributed by atoms with Crippen molar-refractivity contribution in [2.45, 2.75) is 148 Å². The molecule has 0 amide bonds. The van der Waals surface area contributed by atoms with Gasteiger partial charge in [-0.1, -0.05) is 57.1 Å². The minimum absolute atomic E-state index is 0.0171. The number of benzene rings is 2. The lowest BCUT2D eigenvalue weighted by molar-refractivity contribution is -0.277. The topological polar surface area (TPSA) is 282 Å². The highest BCUT2D eigenvalue weighted by atomic mass is 16.7. The monoisotopic (exact) mass is 1030 g/mol. The number of carbonyl (C=O) groups is 4. The van der Waals surface area contributed by atoms with Crippen LogP contribution >= 0.6 is 0 Å². The smallest absolute Gasteiger partial charge is 0.343 e. The van der Waals surface area contributed by atoms with Gasteiger partial charge in [0.1, 0.15) is 59.2 Å². The number of rotatable bonds is 16. The van der Waals surface area contributed by atoms with Gasteiger partial charge in [0.05, 0.1) is 36.8 Å². The number of hydrogen-bond donors (Lipinski definition) is 6. The first-order chi connectivity index (χ1) is 34.8. The maximum atomic E-state index is 16.5. The van der Waals surface area contributed by atoms with Gasteiger partial charge in [0.15, 0.2) is 28.5 Å². The van der Waals surface area contributed by atoms with Gasteiger partial charge in [0.25, 0.3) is 0 Å². The van der Waals surface area contributed by atoms with Crippen LogP contribution in [0.4, 0.5) is 5.95 Å². The molecule has 1 aliphatic carbocycles. The second-order valence-electron chi connectivity index (χ2n) is 21.0. The van der Waals surface area contributed by atoms with E-state index in [1.807, 2.05) is 60.6 Å². The summed E-state index contributed by atoms with van der Waals surface area (Å²) < 4.78 is 38.6. The molecule has 4 aliphatic rings. The van der Waals surface area contributed by atoms with Crippen molar-refractivity contribution in [3.8, 4) is 23.0 Å². The number of carbonyl (C=O) groups excluding carboxylic acids is 4. The van der Waals surface area contributed by atoms with Crippen molar-refractivity contribution in [3.05, 3.63) is 93.9 Å². The van der Waals surface area contributed by atoms with Crippen molar-refractivity contribution in [2.24, 2.45) is 23.7 Å². The SMILES string of the molecule is COC(=O)/C(C)=C\CC1(O)C(=O)C(C)C(n2cnc(N)n2)C2C(=O)c3c(OC(=O)c4ccc(O[C@@H]5O[C@H](CO)[C@@H](O)[C@H](O)[C@H]5O)cc4)c4c(c(CC=C(C)C)c3OC21C(C)C(C)C)OC(C)(CCC=C(C)C)C=C4. The molecule has 12 atom stereocenters. The zero-order chi connectivity index (χ0) is 54.4. The summed E-state index contributed by atoms with van der Waals surface area (Å²) in [5.41, 5.74) is 3.16. The number of ether oxygens (including phenoxy) is 6. The van der Waals surface area contributed by atoms with Crippen LogP contribution in [-0.4, -0.2) is 125 Å².